The van der Waals surface area contributed by atoms with Crippen molar-refractivity contribution in [2.45, 2.75) is 58.3 Å². The second-order valence-corrected chi connectivity index (χ2v) is 7.12. The van der Waals surface area contributed by atoms with Crippen LogP contribution in [0.5, 0.6) is 0 Å². The molecule has 5 nitrogen and oxygen atoms in total. The first-order valence-electron chi connectivity index (χ1n) is 9.61. The normalized spacial score (nSPS) is 14.0. The van der Waals surface area contributed by atoms with E-state index in [9.17, 15) is 9.59 Å². The fraction of sp³-hybridized carbons (Fsp3) is 0.550. The second-order valence-electron chi connectivity index (χ2n) is 6.71. The highest BCUT2D eigenvalue weighted by Crippen LogP contribution is 2.20. The molecule has 0 aliphatic carbocycles. The van der Waals surface area contributed by atoms with Crippen molar-refractivity contribution in [2.75, 3.05) is 18.4 Å². The predicted molar refractivity (Wildman–Crippen MR) is 109 cm³/mol. The molecule has 0 saturated carbocycles. The summed E-state index contributed by atoms with van der Waals surface area (Å²) in [5.41, 5.74) is 1.23. The maximum atomic E-state index is 12.8. The molecule has 0 atom stereocenters. The molecule has 2 amide bonds. The Morgan fingerprint density at radius 3 is 2.54 bits per heavy atom. The van der Waals surface area contributed by atoms with Gasteiger partial charge in [0.1, 0.15) is 0 Å². The molecule has 0 aromatic heterocycles. The SMILES string of the molecule is CCCCCCC(=O)NC(=S)Nc1ccccc1C(=O)N1CCCCC1. The van der Waals surface area contributed by atoms with Gasteiger partial charge in [0, 0.05) is 19.5 Å². The molecule has 1 heterocycles. The van der Waals surface area contributed by atoms with Crippen molar-refractivity contribution < 1.29 is 9.59 Å². The van der Waals surface area contributed by atoms with Crippen LogP contribution in [0.25, 0.3) is 0 Å². The molecule has 1 aliphatic heterocycles. The van der Waals surface area contributed by atoms with Crippen LogP contribution in [0.3, 0.4) is 0 Å². The summed E-state index contributed by atoms with van der Waals surface area (Å²) in [4.78, 5) is 26.6. The maximum absolute atomic E-state index is 12.8. The van der Waals surface area contributed by atoms with Crippen LogP contribution in [0, 0.1) is 0 Å². The minimum absolute atomic E-state index is 0.0153. The van der Waals surface area contributed by atoms with Crippen molar-refractivity contribution in [3.63, 3.8) is 0 Å². The third-order valence-corrected chi connectivity index (χ3v) is 4.76. The van der Waals surface area contributed by atoms with E-state index in [1.165, 1.54) is 6.42 Å². The molecule has 0 bridgehead atoms. The minimum Gasteiger partial charge on any atom is -0.339 e. The molecule has 0 spiro atoms. The summed E-state index contributed by atoms with van der Waals surface area (Å²) in [6.07, 6.45) is 7.95. The van der Waals surface area contributed by atoms with Gasteiger partial charge in [-0.15, -0.1) is 0 Å². The average Bonchev–Trinajstić information content (AvgIpc) is 2.66. The third kappa shape index (κ3) is 6.41. The monoisotopic (exact) mass is 375 g/mol. The number of carbonyl (C=O) groups is 2. The average molecular weight is 376 g/mol. The molecule has 6 heteroatoms. The van der Waals surface area contributed by atoms with Gasteiger partial charge in [-0.2, -0.15) is 0 Å². The van der Waals surface area contributed by atoms with Crippen molar-refractivity contribution in [1.29, 1.82) is 0 Å². The number of anilines is 1. The first kappa shape index (κ1) is 20.4. The van der Waals surface area contributed by atoms with Gasteiger partial charge in [0.15, 0.2) is 5.11 Å². The van der Waals surface area contributed by atoms with Crippen molar-refractivity contribution in [1.82, 2.24) is 10.2 Å². The summed E-state index contributed by atoms with van der Waals surface area (Å²) < 4.78 is 0. The Labute approximate surface area is 161 Å². The van der Waals surface area contributed by atoms with E-state index in [1.54, 1.807) is 6.07 Å². The van der Waals surface area contributed by atoms with E-state index in [0.29, 0.717) is 17.7 Å². The highest BCUT2D eigenvalue weighted by atomic mass is 32.1. The fourth-order valence-electron chi connectivity index (χ4n) is 3.10. The Kier molecular flexibility index (Phi) is 8.54. The molecule has 1 aromatic carbocycles. The number of rotatable bonds is 7. The topological polar surface area (TPSA) is 61.4 Å². The summed E-state index contributed by atoms with van der Waals surface area (Å²) >= 11 is 5.25. The highest BCUT2D eigenvalue weighted by Gasteiger charge is 2.20. The predicted octanol–water partition coefficient (Wildman–Crippen LogP) is 4.10. The Morgan fingerprint density at radius 1 is 1.08 bits per heavy atom. The van der Waals surface area contributed by atoms with Gasteiger partial charge in [-0.1, -0.05) is 38.3 Å². The van der Waals surface area contributed by atoms with Crippen LogP contribution in [0.1, 0.15) is 68.6 Å². The summed E-state index contributed by atoms with van der Waals surface area (Å²) in [7, 11) is 0. The number of likely N-dealkylation sites (tertiary alicyclic amines) is 1. The van der Waals surface area contributed by atoms with E-state index in [-0.39, 0.29) is 16.9 Å². The number of hydrogen-bond donors (Lipinski definition) is 2. The van der Waals surface area contributed by atoms with Crippen LogP contribution in [-0.4, -0.2) is 34.9 Å². The molecule has 2 N–H and O–H groups in total. The number of unbranched alkanes of at least 4 members (excludes halogenated alkanes) is 3. The minimum atomic E-state index is -0.0848. The fourth-order valence-corrected chi connectivity index (χ4v) is 3.32. The summed E-state index contributed by atoms with van der Waals surface area (Å²) in [5.74, 6) is -0.0695. The zero-order valence-corrected chi connectivity index (χ0v) is 16.4. The van der Waals surface area contributed by atoms with Crippen molar-refractivity contribution in [2.24, 2.45) is 0 Å². The summed E-state index contributed by atoms with van der Waals surface area (Å²) in [5, 5.41) is 5.96. The standard InChI is InChI=1S/C20H29N3O2S/c1-2-3-4-6-13-18(24)22-20(26)21-17-12-8-7-11-16(17)19(25)23-14-9-5-10-15-23/h7-8,11-12H,2-6,9-10,13-15H2,1H3,(H2,21,22,24,26). The maximum Gasteiger partial charge on any atom is 0.255 e. The van der Waals surface area contributed by atoms with Gasteiger partial charge in [0.2, 0.25) is 5.91 Å². The number of carbonyl (C=O) groups excluding carboxylic acids is 2. The molecule has 1 aromatic rings. The lowest BCUT2D eigenvalue weighted by molar-refractivity contribution is -0.119. The molecule has 1 saturated heterocycles. The van der Waals surface area contributed by atoms with Crippen LogP contribution in [0.2, 0.25) is 0 Å². The van der Waals surface area contributed by atoms with E-state index in [2.05, 4.69) is 17.6 Å². The number of nitrogens with one attached hydrogen (secondary N) is 2. The number of hydrogen-bond acceptors (Lipinski definition) is 3. The van der Waals surface area contributed by atoms with Crippen LogP contribution >= 0.6 is 12.2 Å². The quantitative estimate of drug-likeness (QED) is 0.556. The summed E-state index contributed by atoms with van der Waals surface area (Å²) in [6.45, 7) is 3.74. The number of piperidine rings is 1. The number of thiocarbonyl (C=S) groups is 1. The molecular weight excluding hydrogens is 346 g/mol. The Hall–Kier alpha value is -1.95. The zero-order chi connectivity index (χ0) is 18.8. The molecule has 1 aliphatic rings. The number of benzene rings is 1. The van der Waals surface area contributed by atoms with E-state index in [0.717, 1.165) is 51.6 Å². The van der Waals surface area contributed by atoms with Crippen LogP contribution in [-0.2, 0) is 4.79 Å². The van der Waals surface area contributed by atoms with Gasteiger partial charge in [-0.05, 0) is 50.0 Å². The van der Waals surface area contributed by atoms with Crippen LogP contribution < -0.4 is 10.6 Å². The summed E-state index contributed by atoms with van der Waals surface area (Å²) in [6, 6.07) is 7.31. The van der Waals surface area contributed by atoms with Gasteiger partial charge >= 0.3 is 0 Å². The van der Waals surface area contributed by atoms with Crippen LogP contribution in [0.15, 0.2) is 24.3 Å². The van der Waals surface area contributed by atoms with Gasteiger partial charge < -0.3 is 15.5 Å². The van der Waals surface area contributed by atoms with Gasteiger partial charge in [-0.25, -0.2) is 0 Å². The van der Waals surface area contributed by atoms with Gasteiger partial charge in [0.25, 0.3) is 5.91 Å². The van der Waals surface area contributed by atoms with Gasteiger partial charge in [0.05, 0.1) is 11.3 Å². The highest BCUT2D eigenvalue weighted by molar-refractivity contribution is 7.80. The molecule has 26 heavy (non-hydrogen) atoms. The Balaban J connectivity index is 1.91. The lowest BCUT2D eigenvalue weighted by Crippen LogP contribution is -2.37. The molecule has 142 valence electrons. The Morgan fingerprint density at radius 2 is 1.81 bits per heavy atom. The lowest BCUT2D eigenvalue weighted by Gasteiger charge is -2.27. The Bertz CT molecular complexity index is 627. The van der Waals surface area contributed by atoms with E-state index < -0.39 is 0 Å². The first-order valence-corrected chi connectivity index (χ1v) is 10.0. The largest absolute Gasteiger partial charge is 0.339 e. The molecule has 0 unspecified atom stereocenters. The van der Waals surface area contributed by atoms with E-state index in [1.807, 2.05) is 23.1 Å². The van der Waals surface area contributed by atoms with Crippen molar-refractivity contribution >= 4 is 34.8 Å². The molecule has 2 rings (SSSR count). The number of nitrogens with zero attached hydrogens (tertiary/aromatic N) is 1. The van der Waals surface area contributed by atoms with Gasteiger partial charge in [-0.3, -0.25) is 9.59 Å². The van der Waals surface area contributed by atoms with Crippen molar-refractivity contribution in [3.05, 3.63) is 29.8 Å². The first-order chi connectivity index (χ1) is 12.6. The van der Waals surface area contributed by atoms with Crippen LogP contribution in [0.4, 0.5) is 5.69 Å². The number of para-hydroxylation sites is 1. The smallest absolute Gasteiger partial charge is 0.255 e. The molecule has 0 radical (unpaired) electrons. The van der Waals surface area contributed by atoms with Crippen molar-refractivity contribution in [3.8, 4) is 0 Å². The lowest BCUT2D eigenvalue weighted by atomic mass is 10.1. The number of amides is 2. The van der Waals surface area contributed by atoms with E-state index in [4.69, 9.17) is 12.2 Å². The molecule has 1 fully saturated rings. The second kappa shape index (κ2) is 10.9. The molecular formula is C20H29N3O2S. The van der Waals surface area contributed by atoms with E-state index >= 15 is 0 Å². The third-order valence-electron chi connectivity index (χ3n) is 4.56. The zero-order valence-electron chi connectivity index (χ0n) is 15.6.